The van der Waals surface area contributed by atoms with E-state index in [-0.39, 0.29) is 41.6 Å². The lowest BCUT2D eigenvalue weighted by atomic mass is 10.0. The minimum absolute atomic E-state index is 0.0685. The molecular formula is C19H16ClF4N5O. The van der Waals surface area contributed by atoms with Gasteiger partial charge in [-0.1, -0.05) is 11.6 Å². The number of likely N-dealkylation sites (tertiary alicyclic amines) is 1. The van der Waals surface area contributed by atoms with E-state index < -0.39 is 23.5 Å². The molecule has 158 valence electrons. The van der Waals surface area contributed by atoms with Gasteiger partial charge in [0.1, 0.15) is 11.5 Å². The maximum Gasteiger partial charge on any atom is 0.416 e. The van der Waals surface area contributed by atoms with Crippen molar-refractivity contribution in [3.8, 4) is 0 Å². The predicted octanol–water partition coefficient (Wildman–Crippen LogP) is 4.13. The summed E-state index contributed by atoms with van der Waals surface area (Å²) in [4.78, 5) is 22.3. The number of hydrogen-bond donors (Lipinski definition) is 1. The largest absolute Gasteiger partial charge is 0.416 e. The fourth-order valence-corrected chi connectivity index (χ4v) is 3.10. The second-order valence-electron chi connectivity index (χ2n) is 6.60. The molecule has 6 nitrogen and oxygen atoms in total. The van der Waals surface area contributed by atoms with Crippen LogP contribution in [0.2, 0.25) is 5.02 Å². The van der Waals surface area contributed by atoms with Crippen LogP contribution < -0.4 is 5.84 Å². The molecule has 1 saturated heterocycles. The lowest BCUT2D eigenvalue weighted by Crippen LogP contribution is -2.45. The Balaban J connectivity index is 1.84. The van der Waals surface area contributed by atoms with E-state index in [2.05, 4.69) is 15.1 Å². The quantitative estimate of drug-likeness (QED) is 0.432. The smallest absolute Gasteiger partial charge is 0.332 e. The van der Waals surface area contributed by atoms with Gasteiger partial charge in [-0.3, -0.25) is 4.79 Å². The number of amides is 1. The minimum atomic E-state index is -4.61. The first-order chi connectivity index (χ1) is 14.1. The van der Waals surface area contributed by atoms with E-state index >= 15 is 0 Å². The number of aryl methyl sites for hydroxylation is 1. The number of nitrogens with two attached hydrogens (primary N) is 1. The highest BCUT2D eigenvalue weighted by atomic mass is 35.5. The van der Waals surface area contributed by atoms with Crippen LogP contribution in [-0.2, 0) is 6.18 Å². The van der Waals surface area contributed by atoms with E-state index in [4.69, 9.17) is 17.4 Å². The molecule has 0 saturated carbocycles. The van der Waals surface area contributed by atoms with Gasteiger partial charge in [0, 0.05) is 13.0 Å². The first-order valence-corrected chi connectivity index (χ1v) is 9.11. The Bertz CT molecular complexity index is 1050. The highest BCUT2D eigenvalue weighted by molar-refractivity contribution is 6.44. The third-order valence-electron chi connectivity index (χ3n) is 4.54. The highest BCUT2D eigenvalue weighted by Gasteiger charge is 2.33. The number of hydrazone groups is 1. The Morgan fingerprint density at radius 2 is 2.00 bits per heavy atom. The number of pyridine rings is 1. The van der Waals surface area contributed by atoms with Gasteiger partial charge in [0.05, 0.1) is 34.6 Å². The number of aliphatic imine (C=N–C) groups is 1. The summed E-state index contributed by atoms with van der Waals surface area (Å²) in [5, 5.41) is 3.55. The Morgan fingerprint density at radius 1 is 1.27 bits per heavy atom. The van der Waals surface area contributed by atoms with E-state index in [1.54, 1.807) is 6.92 Å². The van der Waals surface area contributed by atoms with Crippen LogP contribution in [0.4, 0.5) is 23.4 Å². The lowest BCUT2D eigenvalue weighted by Gasteiger charge is -2.29. The van der Waals surface area contributed by atoms with Crippen LogP contribution in [-0.4, -0.2) is 40.3 Å². The Kier molecular flexibility index (Phi) is 6.06. The zero-order valence-corrected chi connectivity index (χ0v) is 16.4. The summed E-state index contributed by atoms with van der Waals surface area (Å²) in [5.41, 5.74) is -0.155. The third kappa shape index (κ3) is 4.59. The van der Waals surface area contributed by atoms with Crippen LogP contribution in [0.3, 0.4) is 0 Å². The first-order valence-electron chi connectivity index (χ1n) is 8.73. The van der Waals surface area contributed by atoms with E-state index in [1.165, 1.54) is 11.0 Å². The van der Waals surface area contributed by atoms with Crippen LogP contribution in [0.25, 0.3) is 0 Å². The third-order valence-corrected chi connectivity index (χ3v) is 4.87. The average Bonchev–Trinajstić information content (AvgIpc) is 2.70. The number of nitrogens with zero attached hydrogens (tertiary/aromatic N) is 4. The number of carbonyl (C=O) groups excluding carboxylic acids is 1. The van der Waals surface area contributed by atoms with Crippen LogP contribution in [0.5, 0.6) is 0 Å². The number of rotatable bonds is 2. The molecule has 1 aliphatic heterocycles. The zero-order valence-electron chi connectivity index (χ0n) is 15.7. The predicted molar refractivity (Wildman–Crippen MR) is 105 cm³/mol. The first kappa shape index (κ1) is 21.7. The molecular weight excluding hydrogens is 426 g/mol. The van der Waals surface area contributed by atoms with Gasteiger partial charge in [0.15, 0.2) is 5.82 Å². The van der Waals surface area contributed by atoms with E-state index in [9.17, 15) is 22.4 Å². The van der Waals surface area contributed by atoms with Gasteiger partial charge in [-0.15, -0.1) is 0 Å². The number of aromatic nitrogens is 1. The molecule has 30 heavy (non-hydrogen) atoms. The molecule has 0 spiro atoms. The molecule has 1 aromatic carbocycles. The Morgan fingerprint density at radius 3 is 2.63 bits per heavy atom. The summed E-state index contributed by atoms with van der Waals surface area (Å²) in [7, 11) is 0. The summed E-state index contributed by atoms with van der Waals surface area (Å²) < 4.78 is 52.3. The molecule has 1 aromatic heterocycles. The van der Waals surface area contributed by atoms with Gasteiger partial charge in [-0.25, -0.2) is 14.4 Å². The van der Waals surface area contributed by atoms with Crippen molar-refractivity contribution >= 4 is 34.7 Å². The van der Waals surface area contributed by atoms with Gasteiger partial charge in [0.2, 0.25) is 0 Å². The molecule has 0 bridgehead atoms. The second-order valence-corrected chi connectivity index (χ2v) is 7.00. The number of alkyl halides is 3. The molecule has 1 aliphatic rings. The van der Waals surface area contributed by atoms with Gasteiger partial charge >= 0.3 is 6.18 Å². The van der Waals surface area contributed by atoms with Crippen molar-refractivity contribution in [2.75, 3.05) is 13.1 Å². The monoisotopic (exact) mass is 441 g/mol. The topological polar surface area (TPSA) is 83.9 Å². The van der Waals surface area contributed by atoms with Crippen molar-refractivity contribution in [1.82, 2.24) is 9.88 Å². The van der Waals surface area contributed by atoms with E-state index in [0.717, 1.165) is 24.4 Å². The highest BCUT2D eigenvalue weighted by Crippen LogP contribution is 2.32. The van der Waals surface area contributed by atoms with Gasteiger partial charge < -0.3 is 10.7 Å². The normalized spacial score (nSPS) is 17.6. The lowest BCUT2D eigenvalue weighted by molar-refractivity contribution is -0.137. The number of benzene rings is 1. The van der Waals surface area contributed by atoms with Crippen LogP contribution >= 0.6 is 11.6 Å². The number of piperidine rings is 1. The molecule has 1 amide bonds. The van der Waals surface area contributed by atoms with Crippen molar-refractivity contribution in [1.29, 1.82) is 0 Å². The molecule has 0 atom stereocenters. The molecule has 2 N–H and O–H groups in total. The standard InChI is InChI=1S/C19H16ClF4N5O/c1-10-6-17(26-8-14(10)21)27-15-4-5-29(9-16(15)28-25)18(30)12-7-11(19(22,23)24)2-3-13(12)20/h2-3,6-8H,4-5,9,25H2,1H3. The van der Waals surface area contributed by atoms with Crippen molar-refractivity contribution in [3.63, 3.8) is 0 Å². The fraction of sp³-hybridized carbons (Fsp3) is 0.263. The molecule has 2 aromatic rings. The van der Waals surface area contributed by atoms with Gasteiger partial charge in [-0.05, 0) is 36.8 Å². The SMILES string of the molecule is Cc1cc(N=C2CCN(C(=O)c3cc(C(F)(F)F)ccc3Cl)CC2=NN)ncc1F. The summed E-state index contributed by atoms with van der Waals surface area (Å²) >= 11 is 5.96. The van der Waals surface area contributed by atoms with E-state index in [0.29, 0.717) is 11.3 Å². The Labute approximate surface area is 174 Å². The molecule has 2 heterocycles. The van der Waals surface area contributed by atoms with Gasteiger partial charge in [0.25, 0.3) is 5.91 Å². The van der Waals surface area contributed by atoms with Crippen LogP contribution in [0.15, 0.2) is 40.6 Å². The van der Waals surface area contributed by atoms with Crippen molar-refractivity contribution in [3.05, 3.63) is 58.0 Å². The minimum Gasteiger partial charge on any atom is -0.332 e. The fourth-order valence-electron chi connectivity index (χ4n) is 2.91. The molecule has 0 unspecified atom stereocenters. The molecule has 0 radical (unpaired) electrons. The second kappa shape index (κ2) is 8.39. The maximum atomic E-state index is 13.4. The van der Waals surface area contributed by atoms with Crippen molar-refractivity contribution < 1.29 is 22.4 Å². The average molecular weight is 442 g/mol. The van der Waals surface area contributed by atoms with Crippen molar-refractivity contribution in [2.45, 2.75) is 19.5 Å². The maximum absolute atomic E-state index is 13.4. The number of carbonyl (C=O) groups is 1. The Hall–Kier alpha value is -3.01. The molecule has 3 rings (SSSR count). The number of halogens is 5. The van der Waals surface area contributed by atoms with Crippen LogP contribution in [0.1, 0.15) is 27.9 Å². The summed E-state index contributed by atoms with van der Waals surface area (Å²) in [5.74, 6) is 4.54. The molecule has 0 aliphatic carbocycles. The van der Waals surface area contributed by atoms with Crippen LogP contribution in [0, 0.1) is 12.7 Å². The summed E-state index contributed by atoms with van der Waals surface area (Å²) in [6.45, 7) is 1.66. The molecule has 1 fully saturated rings. The summed E-state index contributed by atoms with van der Waals surface area (Å²) in [6, 6.07) is 4.02. The van der Waals surface area contributed by atoms with Crippen molar-refractivity contribution in [2.24, 2.45) is 15.9 Å². The zero-order chi connectivity index (χ0) is 22.1. The molecule has 11 heteroatoms. The van der Waals surface area contributed by atoms with E-state index in [1.807, 2.05) is 0 Å². The summed E-state index contributed by atoms with van der Waals surface area (Å²) in [6.07, 6.45) is -3.33. The number of hydrogen-bond acceptors (Lipinski definition) is 5. The van der Waals surface area contributed by atoms with Gasteiger partial charge in [-0.2, -0.15) is 18.3 Å².